The molecule has 1 aromatic heterocycles. The Kier molecular flexibility index (Phi) is 4.67. The average molecular weight is 336 g/mol. The van der Waals surface area contributed by atoms with Crippen LogP contribution in [0.15, 0.2) is 59.7 Å². The lowest BCUT2D eigenvalue weighted by Gasteiger charge is -2.05. The van der Waals surface area contributed by atoms with E-state index < -0.39 is 5.97 Å². The Hall–Kier alpha value is -2.99. The molecule has 3 rings (SSSR count). The highest BCUT2D eigenvalue weighted by Gasteiger charge is 2.08. The minimum absolute atomic E-state index is 0.100. The van der Waals surface area contributed by atoms with Crippen LogP contribution >= 0.6 is 11.3 Å². The number of carbonyl (C=O) groups is 1. The quantitative estimate of drug-likeness (QED) is 0.574. The van der Waals surface area contributed by atoms with Crippen LogP contribution in [0.25, 0.3) is 11.3 Å². The third kappa shape index (κ3) is 3.49. The summed E-state index contributed by atoms with van der Waals surface area (Å²) in [5, 5.41) is 15.8. The molecule has 3 aromatic rings. The molecule has 0 aliphatic rings. The average Bonchev–Trinajstić information content (AvgIpc) is 2.97. The molecule has 1 N–H and O–H groups in total. The van der Waals surface area contributed by atoms with Gasteiger partial charge in [-0.25, -0.2) is 4.98 Å². The first-order chi connectivity index (χ1) is 11.6. The Bertz CT molecular complexity index is 888. The number of thiazole rings is 1. The second-order valence-electron chi connectivity index (χ2n) is 5.03. The maximum absolute atomic E-state index is 11.1. The van der Waals surface area contributed by atoms with Gasteiger partial charge in [-0.15, -0.1) is 11.3 Å². The summed E-state index contributed by atoms with van der Waals surface area (Å²) in [6.07, 6.45) is 1.45. The fraction of sp³-hybridized carbons (Fsp3) is 0.0556. The highest BCUT2D eigenvalue weighted by Crippen LogP contribution is 2.30. The predicted octanol–water partition coefficient (Wildman–Crippen LogP) is 2.93. The molecule has 1 heterocycles. The van der Waals surface area contributed by atoms with E-state index in [0.29, 0.717) is 10.7 Å². The van der Waals surface area contributed by atoms with Gasteiger partial charge in [-0.1, -0.05) is 54.6 Å². The smallest absolute Gasteiger partial charge is 0.204 e. The van der Waals surface area contributed by atoms with Crippen molar-refractivity contribution in [2.24, 2.45) is 5.10 Å². The van der Waals surface area contributed by atoms with Gasteiger partial charge in [-0.05, 0) is 6.92 Å². The summed E-state index contributed by atoms with van der Waals surface area (Å²) >= 11 is 1.49. The molecule has 0 aliphatic heterocycles. The number of nitrogens with zero attached hydrogens (tertiary/aromatic N) is 2. The van der Waals surface area contributed by atoms with Crippen molar-refractivity contribution >= 4 is 28.7 Å². The summed E-state index contributed by atoms with van der Waals surface area (Å²) < 4.78 is 0. The molecule has 0 saturated heterocycles. The number of aromatic carboxylic acids is 1. The van der Waals surface area contributed by atoms with Crippen molar-refractivity contribution in [1.29, 1.82) is 0 Å². The van der Waals surface area contributed by atoms with E-state index in [2.05, 4.69) is 15.5 Å². The van der Waals surface area contributed by atoms with E-state index in [9.17, 15) is 9.90 Å². The lowest BCUT2D eigenvalue weighted by molar-refractivity contribution is -0.255. The van der Waals surface area contributed by atoms with Gasteiger partial charge in [0.25, 0.3) is 0 Å². The van der Waals surface area contributed by atoms with Crippen LogP contribution in [0.4, 0.5) is 5.13 Å². The number of hydrazone groups is 1. The fourth-order valence-corrected chi connectivity index (χ4v) is 3.05. The van der Waals surface area contributed by atoms with Gasteiger partial charge in [0.05, 0.1) is 17.9 Å². The van der Waals surface area contributed by atoms with Crippen molar-refractivity contribution in [2.45, 2.75) is 6.92 Å². The van der Waals surface area contributed by atoms with Crippen LogP contribution in [0.1, 0.15) is 20.8 Å². The van der Waals surface area contributed by atoms with Gasteiger partial charge in [0.1, 0.15) is 0 Å². The summed E-state index contributed by atoms with van der Waals surface area (Å²) in [6.45, 7) is 2.00. The van der Waals surface area contributed by atoms with Gasteiger partial charge < -0.3 is 9.90 Å². The summed E-state index contributed by atoms with van der Waals surface area (Å²) in [4.78, 5) is 16.7. The van der Waals surface area contributed by atoms with Crippen molar-refractivity contribution in [1.82, 2.24) is 4.98 Å². The molecule has 0 saturated carbocycles. The number of hydrogen-bond donors (Lipinski definition) is 1. The molecular formula is C18H14N3O2S-. The number of rotatable bonds is 5. The molecular weight excluding hydrogens is 322 g/mol. The maximum atomic E-state index is 11.1. The number of nitrogens with one attached hydrogen (secondary N) is 1. The van der Waals surface area contributed by atoms with Crippen LogP contribution in [0, 0.1) is 6.92 Å². The van der Waals surface area contributed by atoms with Crippen molar-refractivity contribution in [2.75, 3.05) is 5.43 Å². The zero-order valence-electron chi connectivity index (χ0n) is 12.9. The molecule has 0 spiro atoms. The number of aromatic nitrogens is 1. The van der Waals surface area contributed by atoms with Gasteiger partial charge in [0, 0.05) is 21.6 Å². The van der Waals surface area contributed by atoms with Crippen LogP contribution < -0.4 is 10.5 Å². The van der Waals surface area contributed by atoms with Crippen molar-refractivity contribution in [3.05, 3.63) is 70.6 Å². The molecule has 0 fully saturated rings. The second-order valence-corrected chi connectivity index (χ2v) is 6.24. The Balaban J connectivity index is 1.78. The molecule has 0 bridgehead atoms. The van der Waals surface area contributed by atoms with Gasteiger partial charge >= 0.3 is 0 Å². The van der Waals surface area contributed by atoms with E-state index >= 15 is 0 Å². The number of benzene rings is 2. The summed E-state index contributed by atoms with van der Waals surface area (Å²) in [7, 11) is 0. The van der Waals surface area contributed by atoms with Crippen LogP contribution in [-0.4, -0.2) is 17.2 Å². The molecule has 0 atom stereocenters. The Morgan fingerprint density at radius 1 is 1.17 bits per heavy atom. The third-order valence-corrected chi connectivity index (χ3v) is 4.26. The molecule has 0 unspecified atom stereocenters. The zero-order valence-corrected chi connectivity index (χ0v) is 13.7. The molecule has 24 heavy (non-hydrogen) atoms. The molecule has 0 aliphatic carbocycles. The Labute approximate surface area is 143 Å². The van der Waals surface area contributed by atoms with Crippen LogP contribution in [0.3, 0.4) is 0 Å². The van der Waals surface area contributed by atoms with Crippen molar-refractivity contribution < 1.29 is 9.90 Å². The molecule has 5 nitrogen and oxygen atoms in total. The topological polar surface area (TPSA) is 77.4 Å². The SMILES string of the molecule is Cc1sc(N/N=C/c2ccccc2C(=O)[O-])nc1-c1ccccc1. The summed E-state index contributed by atoms with van der Waals surface area (Å²) in [5.74, 6) is -1.23. The largest absolute Gasteiger partial charge is 0.545 e. The molecule has 120 valence electrons. The van der Waals surface area contributed by atoms with Crippen LogP contribution in [0.5, 0.6) is 0 Å². The number of carboxylic acids is 1. The van der Waals surface area contributed by atoms with E-state index in [0.717, 1.165) is 16.1 Å². The molecule has 0 radical (unpaired) electrons. The second kappa shape index (κ2) is 7.06. The van der Waals surface area contributed by atoms with Crippen molar-refractivity contribution in [3.8, 4) is 11.3 Å². The van der Waals surface area contributed by atoms with Crippen LogP contribution in [0.2, 0.25) is 0 Å². The number of hydrogen-bond acceptors (Lipinski definition) is 6. The summed E-state index contributed by atoms with van der Waals surface area (Å²) in [5.41, 5.74) is 5.39. The van der Waals surface area contributed by atoms with E-state index in [1.165, 1.54) is 23.6 Å². The monoisotopic (exact) mass is 336 g/mol. The molecule has 0 amide bonds. The maximum Gasteiger partial charge on any atom is 0.204 e. The lowest BCUT2D eigenvalue weighted by atomic mass is 10.1. The first-order valence-corrected chi connectivity index (χ1v) is 8.09. The number of carbonyl (C=O) groups excluding carboxylic acids is 1. The highest BCUT2D eigenvalue weighted by atomic mass is 32.1. The van der Waals surface area contributed by atoms with Gasteiger partial charge in [0.15, 0.2) is 0 Å². The number of carboxylic acid groups (broad SMARTS) is 1. The van der Waals surface area contributed by atoms with Gasteiger partial charge in [-0.2, -0.15) is 5.10 Å². The van der Waals surface area contributed by atoms with E-state index in [4.69, 9.17) is 0 Å². The molecule has 2 aromatic carbocycles. The zero-order chi connectivity index (χ0) is 16.9. The Morgan fingerprint density at radius 2 is 1.88 bits per heavy atom. The highest BCUT2D eigenvalue weighted by molar-refractivity contribution is 7.15. The van der Waals surface area contributed by atoms with E-state index in [1.807, 2.05) is 37.3 Å². The minimum Gasteiger partial charge on any atom is -0.545 e. The van der Waals surface area contributed by atoms with E-state index in [-0.39, 0.29) is 5.56 Å². The predicted molar refractivity (Wildman–Crippen MR) is 94.3 cm³/mol. The van der Waals surface area contributed by atoms with Crippen LogP contribution in [-0.2, 0) is 0 Å². The first kappa shape index (κ1) is 15.9. The van der Waals surface area contributed by atoms with Crippen molar-refractivity contribution in [3.63, 3.8) is 0 Å². The lowest BCUT2D eigenvalue weighted by Crippen LogP contribution is -2.23. The number of anilines is 1. The normalized spacial score (nSPS) is 10.9. The van der Waals surface area contributed by atoms with E-state index in [1.54, 1.807) is 18.2 Å². The van der Waals surface area contributed by atoms with Gasteiger partial charge in [0.2, 0.25) is 5.13 Å². The Morgan fingerprint density at radius 3 is 2.62 bits per heavy atom. The van der Waals surface area contributed by atoms with Gasteiger partial charge in [-0.3, -0.25) is 5.43 Å². The number of aryl methyl sites for hydroxylation is 1. The minimum atomic E-state index is -1.23. The third-order valence-electron chi connectivity index (χ3n) is 3.39. The standard InChI is InChI=1S/C18H15N3O2S/c1-12-16(13-7-3-2-4-8-13)20-18(24-12)21-19-11-14-9-5-6-10-15(14)17(22)23/h2-11H,1H3,(H,20,21)(H,22,23)/p-1/b19-11+. The summed E-state index contributed by atoms with van der Waals surface area (Å²) in [6, 6.07) is 16.4. The first-order valence-electron chi connectivity index (χ1n) is 7.27. The molecule has 6 heteroatoms. The fourth-order valence-electron chi connectivity index (χ4n) is 2.26.